The van der Waals surface area contributed by atoms with Gasteiger partial charge in [0.25, 0.3) is 0 Å². The maximum atomic E-state index is 11.6. The summed E-state index contributed by atoms with van der Waals surface area (Å²) in [6.45, 7) is 8.51. The van der Waals surface area contributed by atoms with Crippen molar-refractivity contribution in [1.82, 2.24) is 4.90 Å². The van der Waals surface area contributed by atoms with Crippen LogP contribution in [-0.2, 0) is 14.0 Å². The van der Waals surface area contributed by atoms with Gasteiger partial charge in [0.1, 0.15) is 0 Å². The van der Waals surface area contributed by atoms with Gasteiger partial charge in [0.05, 0.1) is 36.0 Å². The Kier molecular flexibility index (Phi) is 3.69. The van der Waals surface area contributed by atoms with E-state index in [1.165, 1.54) is 4.90 Å². The fourth-order valence-electron chi connectivity index (χ4n) is 3.54. The minimum atomic E-state index is -0.879. The quantitative estimate of drug-likeness (QED) is 0.832. The number of amides is 1. The molecule has 6 nitrogen and oxygen atoms in total. The van der Waals surface area contributed by atoms with Crippen LogP contribution in [0.4, 0.5) is 4.79 Å². The molecule has 1 aromatic rings. The zero-order chi connectivity index (χ0) is 18.0. The van der Waals surface area contributed by atoms with Gasteiger partial charge in [-0.25, -0.2) is 4.79 Å². The van der Waals surface area contributed by atoms with Crippen LogP contribution >= 0.6 is 0 Å². The lowest BCUT2D eigenvalue weighted by molar-refractivity contribution is -0.00565. The Balaban J connectivity index is 1.54. The Labute approximate surface area is 148 Å². The van der Waals surface area contributed by atoms with Gasteiger partial charge in [0.2, 0.25) is 0 Å². The van der Waals surface area contributed by atoms with E-state index in [4.69, 9.17) is 14.0 Å². The molecule has 1 aromatic carbocycles. The first kappa shape index (κ1) is 16.9. The molecule has 2 saturated heterocycles. The van der Waals surface area contributed by atoms with E-state index in [1.807, 2.05) is 52.0 Å². The second kappa shape index (κ2) is 5.46. The average Bonchev–Trinajstić information content (AvgIpc) is 3.27. The maximum Gasteiger partial charge on any atom is 0.494 e. The molecule has 3 unspecified atom stereocenters. The van der Waals surface area contributed by atoms with Crippen LogP contribution in [0.2, 0.25) is 0 Å². The lowest BCUT2D eigenvalue weighted by Gasteiger charge is -2.33. The summed E-state index contributed by atoms with van der Waals surface area (Å²) in [4.78, 5) is 13.2. The molecule has 7 heteroatoms. The number of hydrogen-bond donors (Lipinski definition) is 1. The zero-order valence-electron chi connectivity index (χ0n) is 15.1. The van der Waals surface area contributed by atoms with Crippen LogP contribution < -0.4 is 5.46 Å². The van der Waals surface area contributed by atoms with E-state index in [-0.39, 0.29) is 29.4 Å². The molecule has 4 rings (SSSR count). The third-order valence-electron chi connectivity index (χ3n) is 5.93. The van der Waals surface area contributed by atoms with Crippen LogP contribution in [0.25, 0.3) is 0 Å². The molecule has 0 spiro atoms. The normalized spacial score (nSPS) is 32.4. The van der Waals surface area contributed by atoms with Crippen molar-refractivity contribution in [3.63, 3.8) is 0 Å². The van der Waals surface area contributed by atoms with E-state index < -0.39 is 13.2 Å². The molecule has 3 fully saturated rings. The summed E-state index contributed by atoms with van der Waals surface area (Å²) >= 11 is 0. The van der Waals surface area contributed by atoms with Crippen LogP contribution in [0.3, 0.4) is 0 Å². The smallest absolute Gasteiger partial charge is 0.465 e. The third kappa shape index (κ3) is 2.74. The van der Waals surface area contributed by atoms with Gasteiger partial charge in [0.15, 0.2) is 0 Å². The molecule has 0 aromatic heterocycles. The molecule has 1 amide bonds. The molecule has 134 valence electrons. The number of hydrogen-bond acceptors (Lipinski definition) is 4. The van der Waals surface area contributed by atoms with Crippen molar-refractivity contribution < 1.29 is 23.9 Å². The zero-order valence-corrected chi connectivity index (χ0v) is 15.1. The Morgan fingerprint density at radius 1 is 1.16 bits per heavy atom. The SMILES string of the molecule is CC1(C)OB(c2ccc(C3COC4CC4N3C(=O)O)cc2)OC1(C)C. The molecule has 3 atom stereocenters. The van der Waals surface area contributed by atoms with E-state index in [2.05, 4.69) is 0 Å². The lowest BCUT2D eigenvalue weighted by atomic mass is 9.78. The van der Waals surface area contributed by atoms with Gasteiger partial charge in [0, 0.05) is 0 Å². The Hall–Kier alpha value is -1.57. The Morgan fingerprint density at radius 3 is 2.32 bits per heavy atom. The van der Waals surface area contributed by atoms with Gasteiger partial charge in [-0.15, -0.1) is 0 Å². The van der Waals surface area contributed by atoms with Crippen molar-refractivity contribution in [2.45, 2.75) is 63.5 Å². The average molecular weight is 345 g/mol. The molecule has 2 aliphatic heterocycles. The summed E-state index contributed by atoms with van der Waals surface area (Å²) in [5.41, 5.74) is 1.11. The number of fused-ring (bicyclic) bond motifs is 1. The van der Waals surface area contributed by atoms with E-state index >= 15 is 0 Å². The van der Waals surface area contributed by atoms with E-state index in [0.717, 1.165) is 17.4 Å². The summed E-state index contributed by atoms with van der Waals surface area (Å²) < 4.78 is 17.9. The molecule has 0 radical (unpaired) electrons. The van der Waals surface area contributed by atoms with E-state index in [9.17, 15) is 9.90 Å². The van der Waals surface area contributed by atoms with Crippen molar-refractivity contribution >= 4 is 18.7 Å². The highest BCUT2D eigenvalue weighted by Crippen LogP contribution is 2.42. The molecule has 0 bridgehead atoms. The van der Waals surface area contributed by atoms with E-state index in [1.54, 1.807) is 0 Å². The fourth-order valence-corrected chi connectivity index (χ4v) is 3.54. The van der Waals surface area contributed by atoms with Gasteiger partial charge in [-0.3, -0.25) is 4.90 Å². The number of rotatable bonds is 2. The number of carbonyl (C=O) groups is 1. The number of carboxylic acid groups (broad SMARTS) is 1. The summed E-state index contributed by atoms with van der Waals surface area (Å²) in [5.74, 6) is 0. The minimum Gasteiger partial charge on any atom is -0.465 e. The predicted octanol–water partition coefficient (Wildman–Crippen LogP) is 2.18. The van der Waals surface area contributed by atoms with Crippen LogP contribution in [0.5, 0.6) is 0 Å². The van der Waals surface area contributed by atoms with Crippen LogP contribution in [-0.4, -0.2) is 53.2 Å². The third-order valence-corrected chi connectivity index (χ3v) is 5.93. The fraction of sp³-hybridized carbons (Fsp3) is 0.611. The summed E-state index contributed by atoms with van der Waals surface area (Å²) in [5, 5.41) is 9.54. The van der Waals surface area contributed by atoms with Gasteiger partial charge >= 0.3 is 13.2 Å². The van der Waals surface area contributed by atoms with Crippen molar-refractivity contribution in [3.8, 4) is 0 Å². The van der Waals surface area contributed by atoms with Crippen LogP contribution in [0.1, 0.15) is 45.7 Å². The highest BCUT2D eigenvalue weighted by Gasteiger charge is 2.53. The predicted molar refractivity (Wildman–Crippen MR) is 92.9 cm³/mol. The second-order valence-corrected chi connectivity index (χ2v) is 8.14. The first-order valence-electron chi connectivity index (χ1n) is 8.78. The molecule has 25 heavy (non-hydrogen) atoms. The molecule has 2 heterocycles. The van der Waals surface area contributed by atoms with Gasteiger partial charge in [-0.1, -0.05) is 24.3 Å². The lowest BCUT2D eigenvalue weighted by Crippen LogP contribution is -2.43. The topological polar surface area (TPSA) is 68.2 Å². The van der Waals surface area contributed by atoms with E-state index in [0.29, 0.717) is 6.61 Å². The number of ether oxygens (including phenoxy) is 1. The van der Waals surface area contributed by atoms with Crippen LogP contribution in [0.15, 0.2) is 24.3 Å². The number of morpholine rings is 1. The van der Waals surface area contributed by atoms with Crippen LogP contribution in [0, 0.1) is 0 Å². The summed E-state index contributed by atoms with van der Waals surface area (Å²) in [7, 11) is -0.412. The van der Waals surface area contributed by atoms with Crippen molar-refractivity contribution in [3.05, 3.63) is 29.8 Å². The van der Waals surface area contributed by atoms with Gasteiger partial charge in [-0.05, 0) is 45.1 Å². The molecule has 3 aliphatic rings. The monoisotopic (exact) mass is 345 g/mol. The number of nitrogens with zero attached hydrogens (tertiary/aromatic N) is 1. The summed E-state index contributed by atoms with van der Waals surface area (Å²) in [6.07, 6.45) is 0.00152. The van der Waals surface area contributed by atoms with Gasteiger partial charge < -0.3 is 19.2 Å². The van der Waals surface area contributed by atoms with Crippen molar-refractivity contribution in [1.29, 1.82) is 0 Å². The molecule has 1 aliphatic carbocycles. The van der Waals surface area contributed by atoms with Crippen molar-refractivity contribution in [2.75, 3.05) is 6.61 Å². The molecule has 1 N–H and O–H groups in total. The Bertz CT molecular complexity index is 673. The van der Waals surface area contributed by atoms with Gasteiger partial charge in [-0.2, -0.15) is 0 Å². The molecular formula is C18H24BNO5. The second-order valence-electron chi connectivity index (χ2n) is 8.14. The standard InChI is InChI=1S/C18H24BNO5/c1-17(2)18(3,4)25-19(24-17)12-7-5-11(6-8-12)14-10-23-15-9-13(15)20(14)16(21)22/h5-8,13-15H,9-10H2,1-4H3,(H,21,22). The highest BCUT2D eigenvalue weighted by atomic mass is 16.7. The maximum absolute atomic E-state index is 11.6. The van der Waals surface area contributed by atoms with Crippen molar-refractivity contribution in [2.24, 2.45) is 0 Å². The molecular weight excluding hydrogens is 321 g/mol. The minimum absolute atomic E-state index is 0.000904. The first-order chi connectivity index (χ1) is 11.7. The first-order valence-corrected chi connectivity index (χ1v) is 8.78. The number of benzene rings is 1. The summed E-state index contributed by atoms with van der Waals surface area (Å²) in [6, 6.07) is 7.56. The molecule has 1 saturated carbocycles. The largest absolute Gasteiger partial charge is 0.494 e. The highest BCUT2D eigenvalue weighted by molar-refractivity contribution is 6.62. The Morgan fingerprint density at radius 2 is 1.76 bits per heavy atom.